The second-order valence-electron chi connectivity index (χ2n) is 8.08. The second-order valence-corrected chi connectivity index (χ2v) is 10.0. The van der Waals surface area contributed by atoms with Crippen molar-refractivity contribution in [3.05, 3.63) is 59.4 Å². The normalized spacial score (nSPS) is 18.2. The lowest BCUT2D eigenvalue weighted by atomic mass is 10.0. The Morgan fingerprint density at radius 2 is 1.70 bits per heavy atom. The monoisotopic (exact) mass is 432 g/mol. The minimum absolute atomic E-state index is 0.123. The van der Waals surface area contributed by atoms with Gasteiger partial charge in [0.2, 0.25) is 10.0 Å². The number of rotatable bonds is 7. The fourth-order valence-electron chi connectivity index (χ4n) is 4.22. The predicted molar refractivity (Wildman–Crippen MR) is 115 cm³/mol. The van der Waals surface area contributed by atoms with Gasteiger partial charge < -0.3 is 9.64 Å². The molecule has 162 valence electrons. The number of ether oxygens (including phenoxy) is 1. The summed E-state index contributed by atoms with van der Waals surface area (Å²) in [6, 6.07) is 11.0. The molecule has 30 heavy (non-hydrogen) atoms. The van der Waals surface area contributed by atoms with Crippen LogP contribution in [0, 0.1) is 5.82 Å². The molecule has 1 fully saturated rings. The van der Waals surface area contributed by atoms with E-state index in [0.717, 1.165) is 29.8 Å². The molecule has 0 amide bonds. The Morgan fingerprint density at radius 1 is 0.933 bits per heavy atom. The second kappa shape index (κ2) is 9.45. The van der Waals surface area contributed by atoms with Crippen molar-refractivity contribution >= 4 is 10.0 Å². The number of fused-ring (bicyclic) bond motifs is 1. The van der Waals surface area contributed by atoms with E-state index in [1.807, 2.05) is 18.2 Å². The number of likely N-dealkylation sites (tertiary alicyclic amines) is 1. The summed E-state index contributed by atoms with van der Waals surface area (Å²) in [6.45, 7) is 4.83. The molecule has 0 radical (unpaired) electrons. The molecule has 0 saturated carbocycles. The van der Waals surface area contributed by atoms with Crippen LogP contribution in [0.5, 0.6) is 5.75 Å². The van der Waals surface area contributed by atoms with Crippen molar-refractivity contribution in [2.75, 3.05) is 32.8 Å². The van der Waals surface area contributed by atoms with E-state index in [1.165, 1.54) is 60.9 Å². The van der Waals surface area contributed by atoms with Gasteiger partial charge >= 0.3 is 0 Å². The number of sulfonamides is 1. The molecule has 2 heterocycles. The minimum atomic E-state index is -3.65. The van der Waals surface area contributed by atoms with Gasteiger partial charge in [-0.3, -0.25) is 0 Å². The Balaban J connectivity index is 1.36. The lowest BCUT2D eigenvalue weighted by molar-refractivity contribution is 0.205. The first kappa shape index (κ1) is 21.3. The molecule has 2 aliphatic rings. The summed E-state index contributed by atoms with van der Waals surface area (Å²) in [5.41, 5.74) is 2.13. The molecular weight excluding hydrogens is 403 g/mol. The zero-order chi connectivity index (χ0) is 21.0. The summed E-state index contributed by atoms with van der Waals surface area (Å²) in [5.74, 6) is 0.341. The highest BCUT2D eigenvalue weighted by atomic mass is 32.2. The van der Waals surface area contributed by atoms with Crippen LogP contribution in [0.25, 0.3) is 0 Å². The summed E-state index contributed by atoms with van der Waals surface area (Å²) >= 11 is 0. The summed E-state index contributed by atoms with van der Waals surface area (Å²) in [6.07, 6.45) is 5.58. The molecule has 4 rings (SSSR count). The first-order valence-electron chi connectivity index (χ1n) is 10.7. The van der Waals surface area contributed by atoms with Crippen molar-refractivity contribution in [3.63, 3.8) is 0 Å². The fraction of sp³-hybridized carbons (Fsp3) is 0.478. The van der Waals surface area contributed by atoms with Crippen LogP contribution in [0.1, 0.15) is 36.8 Å². The standard InChI is InChI=1S/C23H29FN2O3S/c24-21-6-9-23(10-7-21)30(27,28)26-15-11-19-5-8-22(17-20(19)18-26)29-16-4-14-25-12-2-1-3-13-25/h5-10,17H,1-4,11-16,18H2. The minimum Gasteiger partial charge on any atom is -0.494 e. The van der Waals surface area contributed by atoms with Crippen LogP contribution in [0.3, 0.4) is 0 Å². The van der Waals surface area contributed by atoms with Crippen molar-refractivity contribution in [1.29, 1.82) is 0 Å². The van der Waals surface area contributed by atoms with Gasteiger partial charge in [-0.05, 0) is 86.3 Å². The molecule has 2 aliphatic heterocycles. The van der Waals surface area contributed by atoms with Crippen molar-refractivity contribution in [1.82, 2.24) is 9.21 Å². The highest BCUT2D eigenvalue weighted by Crippen LogP contribution is 2.28. The number of hydrogen-bond acceptors (Lipinski definition) is 4. The van der Waals surface area contributed by atoms with E-state index in [-0.39, 0.29) is 4.90 Å². The van der Waals surface area contributed by atoms with E-state index in [9.17, 15) is 12.8 Å². The van der Waals surface area contributed by atoms with Crippen LogP contribution in [0.2, 0.25) is 0 Å². The Morgan fingerprint density at radius 3 is 2.47 bits per heavy atom. The third-order valence-corrected chi connectivity index (χ3v) is 7.80. The lowest BCUT2D eigenvalue weighted by Crippen LogP contribution is -2.36. The van der Waals surface area contributed by atoms with E-state index in [4.69, 9.17) is 4.74 Å². The number of piperidine rings is 1. The molecule has 5 nitrogen and oxygen atoms in total. The van der Waals surface area contributed by atoms with Crippen LogP contribution in [0.4, 0.5) is 4.39 Å². The molecule has 1 saturated heterocycles. The van der Waals surface area contributed by atoms with E-state index < -0.39 is 15.8 Å². The highest BCUT2D eigenvalue weighted by Gasteiger charge is 2.28. The SMILES string of the molecule is O=S(=O)(c1ccc(F)cc1)N1CCc2ccc(OCCCN3CCCCC3)cc2C1. The molecular formula is C23H29FN2O3S. The van der Waals surface area contributed by atoms with Crippen molar-refractivity contribution in [2.45, 2.75) is 43.5 Å². The summed E-state index contributed by atoms with van der Waals surface area (Å²) in [7, 11) is -3.65. The third kappa shape index (κ3) is 5.02. The maximum absolute atomic E-state index is 13.2. The van der Waals surface area contributed by atoms with Gasteiger partial charge in [0.05, 0.1) is 11.5 Å². The molecule has 0 atom stereocenters. The molecule has 0 N–H and O–H groups in total. The van der Waals surface area contributed by atoms with Crippen LogP contribution in [-0.2, 0) is 23.0 Å². The molecule has 0 bridgehead atoms. The van der Waals surface area contributed by atoms with Gasteiger partial charge in [-0.15, -0.1) is 0 Å². The summed E-state index contributed by atoms with van der Waals surface area (Å²) < 4.78 is 46.4. The van der Waals surface area contributed by atoms with Gasteiger partial charge in [-0.25, -0.2) is 12.8 Å². The average molecular weight is 433 g/mol. The van der Waals surface area contributed by atoms with Gasteiger partial charge in [0.25, 0.3) is 0 Å². The summed E-state index contributed by atoms with van der Waals surface area (Å²) in [5, 5.41) is 0. The zero-order valence-corrected chi connectivity index (χ0v) is 18.0. The molecule has 0 unspecified atom stereocenters. The zero-order valence-electron chi connectivity index (χ0n) is 17.2. The number of benzene rings is 2. The first-order valence-corrected chi connectivity index (χ1v) is 12.2. The molecule has 0 aliphatic carbocycles. The van der Waals surface area contributed by atoms with E-state index in [1.54, 1.807) is 0 Å². The van der Waals surface area contributed by atoms with Crippen molar-refractivity contribution in [2.24, 2.45) is 0 Å². The quantitative estimate of drug-likeness (QED) is 0.624. The molecule has 0 spiro atoms. The smallest absolute Gasteiger partial charge is 0.243 e. The van der Waals surface area contributed by atoms with Gasteiger partial charge in [0.1, 0.15) is 11.6 Å². The van der Waals surface area contributed by atoms with Crippen LogP contribution >= 0.6 is 0 Å². The number of nitrogens with zero attached hydrogens (tertiary/aromatic N) is 2. The lowest BCUT2D eigenvalue weighted by Gasteiger charge is -2.28. The van der Waals surface area contributed by atoms with Crippen LogP contribution < -0.4 is 4.74 Å². The Bertz CT molecular complexity index is 957. The summed E-state index contributed by atoms with van der Waals surface area (Å²) in [4.78, 5) is 2.62. The van der Waals surface area contributed by atoms with E-state index in [2.05, 4.69) is 4.90 Å². The number of halogens is 1. The van der Waals surface area contributed by atoms with E-state index in [0.29, 0.717) is 26.1 Å². The molecule has 2 aromatic carbocycles. The fourth-order valence-corrected chi connectivity index (χ4v) is 5.64. The Labute approximate surface area is 178 Å². The van der Waals surface area contributed by atoms with Crippen LogP contribution in [0.15, 0.2) is 47.4 Å². The Kier molecular flexibility index (Phi) is 6.71. The maximum Gasteiger partial charge on any atom is 0.243 e. The van der Waals surface area contributed by atoms with Crippen molar-refractivity contribution < 1.29 is 17.5 Å². The molecule has 0 aromatic heterocycles. The van der Waals surface area contributed by atoms with Gasteiger partial charge in [-0.1, -0.05) is 12.5 Å². The largest absolute Gasteiger partial charge is 0.494 e. The van der Waals surface area contributed by atoms with E-state index >= 15 is 0 Å². The third-order valence-electron chi connectivity index (χ3n) is 5.94. The van der Waals surface area contributed by atoms with Crippen molar-refractivity contribution in [3.8, 4) is 5.75 Å². The molecule has 7 heteroatoms. The number of hydrogen-bond donors (Lipinski definition) is 0. The maximum atomic E-state index is 13.2. The van der Waals surface area contributed by atoms with Gasteiger partial charge in [0, 0.05) is 19.6 Å². The highest BCUT2D eigenvalue weighted by molar-refractivity contribution is 7.89. The van der Waals surface area contributed by atoms with Gasteiger partial charge in [-0.2, -0.15) is 4.31 Å². The average Bonchev–Trinajstić information content (AvgIpc) is 2.77. The topological polar surface area (TPSA) is 49.9 Å². The van der Waals surface area contributed by atoms with Crippen LogP contribution in [-0.4, -0.2) is 50.4 Å². The molecule has 2 aromatic rings. The predicted octanol–water partition coefficient (Wildman–Crippen LogP) is 3.83. The van der Waals surface area contributed by atoms with Gasteiger partial charge in [0.15, 0.2) is 0 Å². The Hall–Kier alpha value is -1.96. The first-order chi connectivity index (χ1) is 14.5.